The molecule has 2 aromatic heterocycles. The maximum Gasteiger partial charge on any atom is 0.187 e. The summed E-state index contributed by atoms with van der Waals surface area (Å²) in [5, 5.41) is 1.54. The van der Waals surface area contributed by atoms with Crippen molar-refractivity contribution in [1.29, 1.82) is 0 Å². The molecule has 0 N–H and O–H groups in total. The van der Waals surface area contributed by atoms with Gasteiger partial charge in [0.1, 0.15) is 10.3 Å². The van der Waals surface area contributed by atoms with Gasteiger partial charge in [-0.3, -0.25) is 0 Å². The average molecular weight is 272 g/mol. The number of hydrogen-bond acceptors (Lipinski definition) is 4. The number of aromatic nitrogens is 3. The highest BCUT2D eigenvalue weighted by Crippen LogP contribution is 2.24. The smallest absolute Gasteiger partial charge is 0.187 e. The Morgan fingerprint density at radius 2 is 1.88 bits per heavy atom. The molecule has 0 bridgehead atoms. The molecule has 2 rings (SSSR count). The lowest BCUT2D eigenvalue weighted by atomic mass is 10.3. The minimum absolute atomic E-state index is 0.398. The summed E-state index contributed by atoms with van der Waals surface area (Å²) >= 11 is 13.2. The molecule has 0 aliphatic heterocycles. The molecule has 2 aromatic rings. The molecule has 0 saturated heterocycles. The van der Waals surface area contributed by atoms with E-state index in [2.05, 4.69) is 15.0 Å². The summed E-state index contributed by atoms with van der Waals surface area (Å²) in [7, 11) is 0. The fourth-order valence-corrected chi connectivity index (χ4v) is 2.33. The molecule has 6 heteroatoms. The Bertz CT molecular complexity index is 479. The van der Waals surface area contributed by atoms with E-state index in [-0.39, 0.29) is 0 Å². The number of hydrogen-bond donors (Lipinski definition) is 0. The Balaban J connectivity index is 2.05. The number of rotatable bonds is 3. The van der Waals surface area contributed by atoms with Crippen molar-refractivity contribution in [3.05, 3.63) is 46.5 Å². The topological polar surface area (TPSA) is 38.7 Å². The third-order valence-corrected chi connectivity index (χ3v) is 3.25. The molecule has 0 aromatic carbocycles. The van der Waals surface area contributed by atoms with Crippen LogP contribution >= 0.6 is 35.0 Å². The SMILES string of the molecule is Clc1ccc(CSc2ncccn2)c(Cl)n1. The first-order valence-electron chi connectivity index (χ1n) is 4.46. The molecule has 3 nitrogen and oxygen atoms in total. The molecule has 0 amide bonds. The van der Waals surface area contributed by atoms with Gasteiger partial charge in [0, 0.05) is 18.1 Å². The summed E-state index contributed by atoms with van der Waals surface area (Å²) in [6.45, 7) is 0. The highest BCUT2D eigenvalue weighted by Gasteiger charge is 2.04. The summed E-state index contributed by atoms with van der Waals surface area (Å²) in [5.41, 5.74) is 0.920. The van der Waals surface area contributed by atoms with Gasteiger partial charge in [-0.05, 0) is 17.7 Å². The van der Waals surface area contributed by atoms with Gasteiger partial charge in [0.15, 0.2) is 5.16 Å². The Morgan fingerprint density at radius 1 is 1.12 bits per heavy atom. The first-order valence-corrected chi connectivity index (χ1v) is 6.20. The molecule has 0 radical (unpaired) electrons. The Hall–Kier alpha value is -0.840. The lowest BCUT2D eigenvalue weighted by Crippen LogP contribution is -1.89. The standard InChI is InChI=1S/C10H7Cl2N3S/c11-8-3-2-7(9(12)15-8)6-16-10-13-4-1-5-14-10/h1-5H,6H2. The number of pyridine rings is 1. The summed E-state index contributed by atoms with van der Waals surface area (Å²) in [5.74, 6) is 0.674. The second-order valence-electron chi connectivity index (χ2n) is 2.90. The maximum absolute atomic E-state index is 5.95. The molecule has 0 aliphatic rings. The van der Waals surface area contributed by atoms with Crippen molar-refractivity contribution in [2.75, 3.05) is 0 Å². The lowest BCUT2D eigenvalue weighted by molar-refractivity contribution is 0.966. The molecule has 0 aliphatic carbocycles. The molecular weight excluding hydrogens is 265 g/mol. The highest BCUT2D eigenvalue weighted by molar-refractivity contribution is 7.98. The Morgan fingerprint density at radius 3 is 2.56 bits per heavy atom. The van der Waals surface area contributed by atoms with Crippen LogP contribution in [0.1, 0.15) is 5.56 Å². The van der Waals surface area contributed by atoms with E-state index in [0.29, 0.717) is 21.2 Å². The molecule has 2 heterocycles. The Labute approximate surface area is 107 Å². The van der Waals surface area contributed by atoms with Crippen molar-refractivity contribution in [3.8, 4) is 0 Å². The van der Waals surface area contributed by atoms with Crippen LogP contribution < -0.4 is 0 Å². The van der Waals surface area contributed by atoms with Crippen molar-refractivity contribution in [3.63, 3.8) is 0 Å². The quantitative estimate of drug-likeness (QED) is 0.487. The van der Waals surface area contributed by atoms with Crippen molar-refractivity contribution in [2.45, 2.75) is 10.9 Å². The number of nitrogens with zero attached hydrogens (tertiary/aromatic N) is 3. The van der Waals surface area contributed by atoms with E-state index in [4.69, 9.17) is 23.2 Å². The van der Waals surface area contributed by atoms with E-state index >= 15 is 0 Å². The maximum atomic E-state index is 5.95. The molecule has 0 saturated carbocycles. The summed E-state index contributed by atoms with van der Waals surface area (Å²) < 4.78 is 0. The van der Waals surface area contributed by atoms with Crippen molar-refractivity contribution < 1.29 is 0 Å². The van der Waals surface area contributed by atoms with Crippen LogP contribution in [0.25, 0.3) is 0 Å². The highest BCUT2D eigenvalue weighted by atomic mass is 35.5. The molecule has 0 fully saturated rings. The first-order chi connectivity index (χ1) is 7.75. The van der Waals surface area contributed by atoms with Gasteiger partial charge in [-0.25, -0.2) is 15.0 Å². The first kappa shape index (κ1) is 11.6. The zero-order valence-electron chi connectivity index (χ0n) is 8.10. The van der Waals surface area contributed by atoms with Crippen molar-refractivity contribution in [1.82, 2.24) is 15.0 Å². The predicted octanol–water partition coefficient (Wildman–Crippen LogP) is 3.47. The fraction of sp³-hybridized carbons (Fsp3) is 0.100. The Kier molecular flexibility index (Phi) is 3.98. The van der Waals surface area contributed by atoms with Crippen LogP contribution in [0.4, 0.5) is 0 Å². The van der Waals surface area contributed by atoms with E-state index in [9.17, 15) is 0 Å². The molecule has 0 spiro atoms. The third-order valence-electron chi connectivity index (χ3n) is 1.79. The minimum Gasteiger partial charge on any atom is -0.231 e. The van der Waals surface area contributed by atoms with Gasteiger partial charge < -0.3 is 0 Å². The van der Waals surface area contributed by atoms with E-state index in [1.54, 1.807) is 24.5 Å². The molecule has 0 atom stereocenters. The summed E-state index contributed by atoms with van der Waals surface area (Å²) in [4.78, 5) is 12.2. The van der Waals surface area contributed by atoms with Gasteiger partial charge in [0.05, 0.1) is 0 Å². The van der Waals surface area contributed by atoms with Crippen LogP contribution in [-0.4, -0.2) is 15.0 Å². The number of halogens is 2. The monoisotopic (exact) mass is 271 g/mol. The normalized spacial score (nSPS) is 10.4. The molecule has 16 heavy (non-hydrogen) atoms. The van der Waals surface area contributed by atoms with Crippen LogP contribution in [0.15, 0.2) is 35.7 Å². The van der Waals surface area contributed by atoms with Crippen LogP contribution in [0.2, 0.25) is 10.3 Å². The van der Waals surface area contributed by atoms with Crippen LogP contribution in [0, 0.1) is 0 Å². The molecule has 82 valence electrons. The largest absolute Gasteiger partial charge is 0.231 e. The van der Waals surface area contributed by atoms with Gasteiger partial charge in [-0.15, -0.1) is 0 Å². The van der Waals surface area contributed by atoms with Gasteiger partial charge in [0.25, 0.3) is 0 Å². The lowest BCUT2D eigenvalue weighted by Gasteiger charge is -2.02. The molecule has 0 unspecified atom stereocenters. The number of thioether (sulfide) groups is 1. The van der Waals surface area contributed by atoms with E-state index < -0.39 is 0 Å². The van der Waals surface area contributed by atoms with E-state index in [1.807, 2.05) is 6.07 Å². The molecular formula is C10H7Cl2N3S. The second kappa shape index (κ2) is 5.48. The van der Waals surface area contributed by atoms with Crippen molar-refractivity contribution >= 4 is 35.0 Å². The summed E-state index contributed by atoms with van der Waals surface area (Å²) in [6.07, 6.45) is 3.41. The zero-order valence-corrected chi connectivity index (χ0v) is 10.4. The van der Waals surface area contributed by atoms with E-state index in [1.165, 1.54) is 11.8 Å². The zero-order chi connectivity index (χ0) is 11.4. The van der Waals surface area contributed by atoms with Gasteiger partial charge in [-0.1, -0.05) is 41.0 Å². The second-order valence-corrected chi connectivity index (χ2v) is 4.59. The van der Waals surface area contributed by atoms with Crippen LogP contribution in [0.3, 0.4) is 0 Å². The predicted molar refractivity (Wildman–Crippen MR) is 65.9 cm³/mol. The fourth-order valence-electron chi connectivity index (χ4n) is 1.05. The van der Waals surface area contributed by atoms with Crippen LogP contribution in [-0.2, 0) is 5.75 Å². The summed E-state index contributed by atoms with van der Waals surface area (Å²) in [6, 6.07) is 5.35. The van der Waals surface area contributed by atoms with Gasteiger partial charge in [-0.2, -0.15) is 0 Å². The van der Waals surface area contributed by atoms with Gasteiger partial charge in [0.2, 0.25) is 0 Å². The van der Waals surface area contributed by atoms with Gasteiger partial charge >= 0.3 is 0 Å². The van der Waals surface area contributed by atoms with E-state index in [0.717, 1.165) is 5.56 Å². The van der Waals surface area contributed by atoms with Crippen LogP contribution in [0.5, 0.6) is 0 Å². The third kappa shape index (κ3) is 3.07. The van der Waals surface area contributed by atoms with Crippen molar-refractivity contribution in [2.24, 2.45) is 0 Å². The average Bonchev–Trinajstić information content (AvgIpc) is 2.29. The minimum atomic E-state index is 0.398.